The molecule has 1 aliphatic heterocycles. The summed E-state index contributed by atoms with van der Waals surface area (Å²) in [5.41, 5.74) is -0.122. The van der Waals surface area contributed by atoms with E-state index in [1.807, 2.05) is 0 Å². The van der Waals surface area contributed by atoms with Crippen molar-refractivity contribution in [2.75, 3.05) is 0 Å². The zero-order chi connectivity index (χ0) is 12.3. The van der Waals surface area contributed by atoms with Crippen molar-refractivity contribution in [3.63, 3.8) is 0 Å². The van der Waals surface area contributed by atoms with Crippen molar-refractivity contribution in [1.29, 1.82) is 0 Å². The number of fused-ring (bicyclic) bond motifs is 5. The second-order valence-electron chi connectivity index (χ2n) is 6.73. The van der Waals surface area contributed by atoms with Gasteiger partial charge in [-0.2, -0.15) is 0 Å². The standard InChI is InChI=1S/C15H22O3/c1-2-15(5-3-4-6-15)18-14(16)11-8-9-7-10(11)13-12(9)17-13/h9-13H,2-8H2,1H3. The Morgan fingerprint density at radius 2 is 2.06 bits per heavy atom. The Labute approximate surface area is 108 Å². The molecule has 0 aromatic heterocycles. The van der Waals surface area contributed by atoms with Crippen LogP contribution in [-0.2, 0) is 14.3 Å². The van der Waals surface area contributed by atoms with Crippen LogP contribution in [0.4, 0.5) is 0 Å². The first kappa shape index (κ1) is 11.3. The molecule has 0 aromatic carbocycles. The van der Waals surface area contributed by atoms with Gasteiger partial charge in [-0.25, -0.2) is 0 Å². The van der Waals surface area contributed by atoms with E-state index in [-0.39, 0.29) is 17.5 Å². The van der Waals surface area contributed by atoms with E-state index in [1.165, 1.54) is 19.3 Å². The molecule has 5 atom stereocenters. The molecular formula is C15H22O3. The van der Waals surface area contributed by atoms with Gasteiger partial charge in [0.05, 0.1) is 18.1 Å². The number of rotatable bonds is 3. The highest BCUT2D eigenvalue weighted by Gasteiger charge is 2.65. The average molecular weight is 250 g/mol. The summed E-state index contributed by atoms with van der Waals surface area (Å²) in [6.07, 6.45) is 8.67. The van der Waals surface area contributed by atoms with Crippen LogP contribution >= 0.6 is 0 Å². The molecule has 100 valence electrons. The van der Waals surface area contributed by atoms with Crippen molar-refractivity contribution < 1.29 is 14.3 Å². The van der Waals surface area contributed by atoms with E-state index in [4.69, 9.17) is 9.47 Å². The second kappa shape index (κ2) is 3.72. The summed E-state index contributed by atoms with van der Waals surface area (Å²) in [5, 5.41) is 0. The lowest BCUT2D eigenvalue weighted by Gasteiger charge is -2.30. The molecule has 0 radical (unpaired) electrons. The van der Waals surface area contributed by atoms with Crippen LogP contribution in [0.5, 0.6) is 0 Å². The van der Waals surface area contributed by atoms with Crippen LogP contribution < -0.4 is 0 Å². The fourth-order valence-corrected chi connectivity index (χ4v) is 4.71. The molecule has 1 saturated heterocycles. The Balaban J connectivity index is 1.44. The van der Waals surface area contributed by atoms with E-state index in [0.717, 1.165) is 25.7 Å². The topological polar surface area (TPSA) is 38.8 Å². The molecule has 18 heavy (non-hydrogen) atoms. The Morgan fingerprint density at radius 1 is 1.28 bits per heavy atom. The summed E-state index contributed by atoms with van der Waals surface area (Å²) in [4.78, 5) is 12.4. The zero-order valence-electron chi connectivity index (χ0n) is 11.1. The van der Waals surface area contributed by atoms with E-state index in [1.54, 1.807) is 0 Å². The number of hydrogen-bond acceptors (Lipinski definition) is 3. The van der Waals surface area contributed by atoms with Crippen LogP contribution in [-0.4, -0.2) is 23.8 Å². The minimum absolute atomic E-state index is 0.0835. The second-order valence-corrected chi connectivity index (χ2v) is 6.73. The first-order valence-corrected chi connectivity index (χ1v) is 7.61. The molecule has 3 aliphatic carbocycles. The molecule has 4 aliphatic rings. The fourth-order valence-electron chi connectivity index (χ4n) is 4.71. The quantitative estimate of drug-likeness (QED) is 0.571. The van der Waals surface area contributed by atoms with E-state index in [2.05, 4.69) is 6.92 Å². The summed E-state index contributed by atoms with van der Waals surface area (Å²) >= 11 is 0. The van der Waals surface area contributed by atoms with Crippen LogP contribution in [0.3, 0.4) is 0 Å². The molecular weight excluding hydrogens is 228 g/mol. The largest absolute Gasteiger partial charge is 0.459 e. The molecule has 5 unspecified atom stereocenters. The summed E-state index contributed by atoms with van der Waals surface area (Å²) < 4.78 is 11.6. The maximum atomic E-state index is 12.4. The lowest BCUT2D eigenvalue weighted by atomic mass is 9.88. The van der Waals surface area contributed by atoms with E-state index < -0.39 is 0 Å². The predicted molar refractivity (Wildman–Crippen MR) is 65.9 cm³/mol. The van der Waals surface area contributed by atoms with Crippen LogP contribution in [0.25, 0.3) is 0 Å². The van der Waals surface area contributed by atoms with Crippen molar-refractivity contribution in [3.05, 3.63) is 0 Å². The van der Waals surface area contributed by atoms with Crippen molar-refractivity contribution in [3.8, 4) is 0 Å². The van der Waals surface area contributed by atoms with Crippen LogP contribution in [0.1, 0.15) is 51.9 Å². The number of hydrogen-bond donors (Lipinski definition) is 0. The van der Waals surface area contributed by atoms with Gasteiger partial charge in [0.25, 0.3) is 0 Å². The van der Waals surface area contributed by atoms with Gasteiger partial charge in [-0.1, -0.05) is 6.92 Å². The first-order valence-electron chi connectivity index (χ1n) is 7.61. The fraction of sp³-hybridized carbons (Fsp3) is 0.933. The van der Waals surface area contributed by atoms with E-state index in [0.29, 0.717) is 24.0 Å². The lowest BCUT2D eigenvalue weighted by molar-refractivity contribution is -0.166. The third-order valence-corrected chi connectivity index (χ3v) is 5.88. The number of epoxide rings is 1. The monoisotopic (exact) mass is 250 g/mol. The molecule has 0 amide bonds. The molecule has 3 saturated carbocycles. The van der Waals surface area contributed by atoms with Crippen molar-refractivity contribution in [1.82, 2.24) is 0 Å². The third kappa shape index (κ3) is 1.49. The lowest BCUT2D eigenvalue weighted by Crippen LogP contribution is -2.36. The minimum Gasteiger partial charge on any atom is -0.459 e. The molecule has 1 heterocycles. The normalized spacial score (nSPS) is 47.1. The van der Waals surface area contributed by atoms with Gasteiger partial charge in [0, 0.05) is 5.92 Å². The molecule has 0 spiro atoms. The van der Waals surface area contributed by atoms with Crippen LogP contribution in [0.15, 0.2) is 0 Å². The number of carbonyl (C=O) groups is 1. The van der Waals surface area contributed by atoms with Gasteiger partial charge in [-0.15, -0.1) is 0 Å². The highest BCUT2D eigenvalue weighted by atomic mass is 16.6. The molecule has 0 aromatic rings. The summed E-state index contributed by atoms with van der Waals surface area (Å²) in [7, 11) is 0. The number of carbonyl (C=O) groups excluding carboxylic acids is 1. The van der Waals surface area contributed by atoms with Gasteiger partial charge in [0.15, 0.2) is 0 Å². The molecule has 4 rings (SSSR count). The molecule has 0 N–H and O–H groups in total. The van der Waals surface area contributed by atoms with E-state index in [9.17, 15) is 4.79 Å². The molecule has 2 bridgehead atoms. The van der Waals surface area contributed by atoms with Crippen molar-refractivity contribution in [2.24, 2.45) is 17.8 Å². The predicted octanol–water partition coefficient (Wildman–Crippen LogP) is 2.68. The number of ether oxygens (including phenoxy) is 2. The Bertz CT molecular complexity index is 372. The summed E-state index contributed by atoms with van der Waals surface area (Å²) in [5.74, 6) is 1.35. The van der Waals surface area contributed by atoms with Crippen LogP contribution in [0.2, 0.25) is 0 Å². The van der Waals surface area contributed by atoms with Gasteiger partial charge in [0.1, 0.15) is 5.60 Å². The first-order chi connectivity index (χ1) is 8.72. The maximum absolute atomic E-state index is 12.4. The van der Waals surface area contributed by atoms with Gasteiger partial charge < -0.3 is 9.47 Å². The average Bonchev–Trinajstić information content (AvgIpc) is 2.76. The maximum Gasteiger partial charge on any atom is 0.309 e. The smallest absolute Gasteiger partial charge is 0.309 e. The van der Waals surface area contributed by atoms with Crippen LogP contribution in [0, 0.1) is 17.8 Å². The van der Waals surface area contributed by atoms with Crippen molar-refractivity contribution >= 4 is 5.97 Å². The van der Waals surface area contributed by atoms with Gasteiger partial charge in [-0.3, -0.25) is 4.79 Å². The Kier molecular flexibility index (Phi) is 2.33. The zero-order valence-corrected chi connectivity index (χ0v) is 11.1. The highest BCUT2D eigenvalue weighted by Crippen LogP contribution is 2.59. The van der Waals surface area contributed by atoms with Gasteiger partial charge in [-0.05, 0) is 50.9 Å². The SMILES string of the molecule is CCC1(OC(=O)C2CC3CC2C2OC32)CCCC1. The number of esters is 1. The third-order valence-electron chi connectivity index (χ3n) is 5.88. The molecule has 3 heteroatoms. The van der Waals surface area contributed by atoms with Crippen molar-refractivity contribution in [2.45, 2.75) is 69.7 Å². The molecule has 3 nitrogen and oxygen atoms in total. The van der Waals surface area contributed by atoms with Gasteiger partial charge >= 0.3 is 5.97 Å². The Hall–Kier alpha value is -0.570. The molecule has 4 fully saturated rings. The van der Waals surface area contributed by atoms with E-state index >= 15 is 0 Å². The minimum atomic E-state index is -0.122. The summed E-state index contributed by atoms with van der Waals surface area (Å²) in [6, 6.07) is 0. The van der Waals surface area contributed by atoms with Gasteiger partial charge in [0.2, 0.25) is 0 Å². The highest BCUT2D eigenvalue weighted by molar-refractivity contribution is 5.74. The summed E-state index contributed by atoms with van der Waals surface area (Å²) in [6.45, 7) is 2.15. The Morgan fingerprint density at radius 3 is 2.67 bits per heavy atom.